The van der Waals surface area contributed by atoms with Crippen molar-refractivity contribution < 1.29 is 18.3 Å². The van der Waals surface area contributed by atoms with E-state index >= 15 is 0 Å². The van der Waals surface area contributed by atoms with Gasteiger partial charge < -0.3 is 9.15 Å². The third-order valence-electron chi connectivity index (χ3n) is 2.67. The number of hydrogen-bond acceptors (Lipinski definition) is 6. The van der Waals surface area contributed by atoms with Crippen molar-refractivity contribution in [1.82, 2.24) is 10.2 Å². The van der Waals surface area contributed by atoms with Gasteiger partial charge in [-0.05, 0) is 18.2 Å². The number of benzene rings is 1. The maximum absolute atomic E-state index is 13.2. The first kappa shape index (κ1) is 14.0. The standard InChI is InChI=1S/C13H8ClFN2O3S/c1-6-16-17-10(20-6)5-19-13(18)12-11(14)8-3-2-7(15)4-9(8)21-12/h2-4H,5H2,1H3. The van der Waals surface area contributed by atoms with Gasteiger partial charge in [0.1, 0.15) is 10.7 Å². The van der Waals surface area contributed by atoms with Gasteiger partial charge in [0.2, 0.25) is 5.89 Å². The molecule has 0 radical (unpaired) electrons. The van der Waals surface area contributed by atoms with Crippen LogP contribution in [-0.2, 0) is 11.3 Å². The molecule has 0 N–H and O–H groups in total. The van der Waals surface area contributed by atoms with Crippen molar-refractivity contribution in [3.05, 3.63) is 45.7 Å². The van der Waals surface area contributed by atoms with Crippen LogP contribution in [0.15, 0.2) is 22.6 Å². The third kappa shape index (κ3) is 2.74. The average Bonchev–Trinajstić information content (AvgIpc) is 3.00. The summed E-state index contributed by atoms with van der Waals surface area (Å²) in [7, 11) is 0. The molecule has 0 bridgehead atoms. The van der Waals surface area contributed by atoms with E-state index in [4.69, 9.17) is 20.8 Å². The Bertz CT molecular complexity index is 830. The highest BCUT2D eigenvalue weighted by atomic mass is 35.5. The second-order valence-electron chi connectivity index (χ2n) is 4.18. The normalized spacial score (nSPS) is 11.0. The van der Waals surface area contributed by atoms with Crippen LogP contribution in [0.5, 0.6) is 0 Å². The monoisotopic (exact) mass is 326 g/mol. The highest BCUT2D eigenvalue weighted by molar-refractivity contribution is 7.21. The molecule has 3 aromatic rings. The van der Waals surface area contributed by atoms with Gasteiger partial charge in [0.25, 0.3) is 5.89 Å². The highest BCUT2D eigenvalue weighted by Gasteiger charge is 2.19. The van der Waals surface area contributed by atoms with Crippen molar-refractivity contribution in [3.63, 3.8) is 0 Å². The van der Waals surface area contributed by atoms with Crippen molar-refractivity contribution in [2.75, 3.05) is 0 Å². The van der Waals surface area contributed by atoms with Crippen LogP contribution in [-0.4, -0.2) is 16.2 Å². The number of carbonyl (C=O) groups is 1. The van der Waals surface area contributed by atoms with E-state index in [1.807, 2.05) is 0 Å². The number of halogens is 2. The maximum atomic E-state index is 13.2. The zero-order valence-corrected chi connectivity index (χ0v) is 12.3. The van der Waals surface area contributed by atoms with E-state index < -0.39 is 5.97 Å². The van der Waals surface area contributed by atoms with Crippen molar-refractivity contribution in [2.24, 2.45) is 0 Å². The van der Waals surface area contributed by atoms with Crippen molar-refractivity contribution in [1.29, 1.82) is 0 Å². The molecule has 1 aromatic carbocycles. The minimum Gasteiger partial charge on any atom is -0.451 e. The van der Waals surface area contributed by atoms with Crippen LogP contribution < -0.4 is 0 Å². The molecule has 0 spiro atoms. The second kappa shape index (κ2) is 5.42. The smallest absolute Gasteiger partial charge is 0.350 e. The Morgan fingerprint density at radius 1 is 1.48 bits per heavy atom. The van der Waals surface area contributed by atoms with Crippen LogP contribution in [0.1, 0.15) is 21.5 Å². The summed E-state index contributed by atoms with van der Waals surface area (Å²) in [5.74, 6) is -0.417. The van der Waals surface area contributed by atoms with Gasteiger partial charge in [-0.15, -0.1) is 21.5 Å². The van der Waals surface area contributed by atoms with Gasteiger partial charge in [-0.2, -0.15) is 0 Å². The summed E-state index contributed by atoms with van der Waals surface area (Å²) in [4.78, 5) is 12.2. The minimum absolute atomic E-state index is 0.140. The first-order valence-corrected chi connectivity index (χ1v) is 7.07. The number of ether oxygens (including phenoxy) is 1. The van der Waals surface area contributed by atoms with E-state index in [1.165, 1.54) is 18.2 Å². The number of esters is 1. The molecular formula is C13H8ClFN2O3S. The van der Waals surface area contributed by atoms with Gasteiger partial charge in [0.05, 0.1) is 5.02 Å². The topological polar surface area (TPSA) is 65.2 Å². The van der Waals surface area contributed by atoms with E-state index in [0.29, 0.717) is 16.0 Å². The number of thiophene rings is 1. The fraction of sp³-hybridized carbons (Fsp3) is 0.154. The molecule has 0 aliphatic carbocycles. The SMILES string of the molecule is Cc1nnc(COC(=O)c2sc3cc(F)ccc3c2Cl)o1. The fourth-order valence-corrected chi connectivity index (χ4v) is 3.19. The first-order chi connectivity index (χ1) is 10.0. The van der Waals surface area contributed by atoms with Gasteiger partial charge in [-0.3, -0.25) is 0 Å². The van der Waals surface area contributed by atoms with Gasteiger partial charge in [0, 0.05) is 17.0 Å². The molecular weight excluding hydrogens is 319 g/mol. The quantitative estimate of drug-likeness (QED) is 0.686. The Hall–Kier alpha value is -1.99. The van der Waals surface area contributed by atoms with E-state index in [0.717, 1.165) is 11.3 Å². The second-order valence-corrected chi connectivity index (χ2v) is 5.61. The molecule has 2 aromatic heterocycles. The third-order valence-corrected chi connectivity index (χ3v) is 4.31. The molecule has 0 fully saturated rings. The Morgan fingerprint density at radius 3 is 3.00 bits per heavy atom. The highest BCUT2D eigenvalue weighted by Crippen LogP contribution is 2.36. The largest absolute Gasteiger partial charge is 0.451 e. The number of rotatable bonds is 3. The van der Waals surface area contributed by atoms with Gasteiger partial charge >= 0.3 is 5.97 Å². The molecule has 0 aliphatic rings. The van der Waals surface area contributed by atoms with E-state index in [1.54, 1.807) is 6.92 Å². The fourth-order valence-electron chi connectivity index (χ4n) is 1.76. The maximum Gasteiger partial charge on any atom is 0.350 e. The lowest BCUT2D eigenvalue weighted by atomic mass is 10.2. The van der Waals surface area contributed by atoms with Crippen molar-refractivity contribution in [2.45, 2.75) is 13.5 Å². The lowest BCUT2D eigenvalue weighted by molar-refractivity contribution is 0.0443. The van der Waals surface area contributed by atoms with Crippen molar-refractivity contribution in [3.8, 4) is 0 Å². The summed E-state index contributed by atoms with van der Waals surface area (Å²) >= 11 is 7.20. The van der Waals surface area contributed by atoms with Gasteiger partial charge in [-0.25, -0.2) is 9.18 Å². The van der Waals surface area contributed by atoms with Crippen LogP contribution in [0.25, 0.3) is 10.1 Å². The zero-order chi connectivity index (χ0) is 15.0. The first-order valence-electron chi connectivity index (χ1n) is 5.88. The van der Waals surface area contributed by atoms with Crippen LogP contribution in [0.3, 0.4) is 0 Å². The Balaban J connectivity index is 1.82. The summed E-state index contributed by atoms with van der Waals surface area (Å²) in [6.45, 7) is 1.49. The minimum atomic E-state index is -0.613. The van der Waals surface area contributed by atoms with Gasteiger partial charge in [-0.1, -0.05) is 11.6 Å². The van der Waals surface area contributed by atoms with Crippen LogP contribution in [0.2, 0.25) is 5.02 Å². The summed E-state index contributed by atoms with van der Waals surface area (Å²) in [6, 6.07) is 4.14. The number of hydrogen-bond donors (Lipinski definition) is 0. The number of aromatic nitrogens is 2. The van der Waals surface area contributed by atoms with E-state index in [9.17, 15) is 9.18 Å². The molecule has 5 nitrogen and oxygen atoms in total. The van der Waals surface area contributed by atoms with Gasteiger partial charge in [0.15, 0.2) is 6.61 Å². The molecule has 21 heavy (non-hydrogen) atoms. The van der Waals surface area contributed by atoms with Crippen LogP contribution >= 0.6 is 22.9 Å². The predicted octanol–water partition coefficient (Wildman–Crippen LogP) is 3.74. The molecule has 3 rings (SSSR count). The molecule has 0 saturated heterocycles. The molecule has 108 valence electrons. The Morgan fingerprint density at radius 2 is 2.29 bits per heavy atom. The molecule has 0 atom stereocenters. The van der Waals surface area contributed by atoms with Crippen LogP contribution in [0.4, 0.5) is 4.39 Å². The predicted molar refractivity (Wildman–Crippen MR) is 74.9 cm³/mol. The lowest BCUT2D eigenvalue weighted by Gasteiger charge is -1.99. The Kier molecular flexibility index (Phi) is 3.60. The molecule has 0 unspecified atom stereocenters. The molecule has 0 aliphatic heterocycles. The molecule has 0 amide bonds. The number of carbonyl (C=O) groups excluding carboxylic acids is 1. The number of nitrogens with zero attached hydrogens (tertiary/aromatic N) is 2. The van der Waals surface area contributed by atoms with Crippen molar-refractivity contribution >= 4 is 39.0 Å². The summed E-state index contributed by atoms with van der Waals surface area (Å²) < 4.78 is 23.9. The summed E-state index contributed by atoms with van der Waals surface area (Å²) in [5, 5.41) is 8.21. The summed E-state index contributed by atoms with van der Waals surface area (Å²) in [5.41, 5.74) is 0. The van der Waals surface area contributed by atoms with E-state index in [-0.39, 0.29) is 28.2 Å². The summed E-state index contributed by atoms with van der Waals surface area (Å²) in [6.07, 6.45) is 0. The average molecular weight is 327 g/mol. The van der Waals surface area contributed by atoms with E-state index in [2.05, 4.69) is 10.2 Å². The molecule has 8 heteroatoms. The lowest BCUT2D eigenvalue weighted by Crippen LogP contribution is -2.04. The number of aryl methyl sites for hydroxylation is 1. The zero-order valence-electron chi connectivity index (χ0n) is 10.7. The number of fused-ring (bicyclic) bond motifs is 1. The molecule has 0 saturated carbocycles. The van der Waals surface area contributed by atoms with Crippen LogP contribution in [0, 0.1) is 12.7 Å². The molecule has 2 heterocycles. The Labute approximate surface area is 127 Å².